The van der Waals surface area contributed by atoms with Crippen LogP contribution in [0.3, 0.4) is 0 Å². The molecule has 1 atom stereocenters. The molecule has 1 unspecified atom stereocenters. The Balaban J connectivity index is 1.92. The Hall–Kier alpha value is -1.73. The molecule has 1 N–H and O–H groups in total. The summed E-state index contributed by atoms with van der Waals surface area (Å²) in [7, 11) is 1.97. The molecule has 0 fully saturated rings. The predicted octanol–water partition coefficient (Wildman–Crippen LogP) is 4.70. The van der Waals surface area contributed by atoms with Gasteiger partial charge >= 0.3 is 0 Å². The lowest BCUT2D eigenvalue weighted by Crippen LogP contribution is -2.06. The van der Waals surface area contributed by atoms with Crippen molar-refractivity contribution in [3.8, 4) is 11.5 Å². The number of nitrogens with one attached hydrogen (secondary N) is 1. The van der Waals surface area contributed by atoms with E-state index in [9.17, 15) is 0 Å². The summed E-state index contributed by atoms with van der Waals surface area (Å²) in [4.78, 5) is 0. The Bertz CT molecular complexity index is 933. The van der Waals surface area contributed by atoms with Crippen LogP contribution >= 0.6 is 27.7 Å². The van der Waals surface area contributed by atoms with Crippen molar-refractivity contribution in [2.75, 3.05) is 17.6 Å². The van der Waals surface area contributed by atoms with Crippen molar-refractivity contribution in [2.45, 2.75) is 19.1 Å². The monoisotopic (exact) mass is 418 g/mol. The molecular formula is C18H19BrN4OS. The minimum absolute atomic E-state index is 0.201. The third-order valence-electron chi connectivity index (χ3n) is 4.40. The minimum Gasteiger partial charge on any atom is -0.369 e. The SMILES string of the molecule is Cc1cc(-c2nn(C)c3c2C(c2ccc(Br)cc2C)SCCN3)on1. The maximum atomic E-state index is 5.53. The highest BCUT2D eigenvalue weighted by atomic mass is 79.9. The first-order valence-corrected chi connectivity index (χ1v) is 10.0. The van der Waals surface area contributed by atoms with E-state index < -0.39 is 0 Å². The number of hydrogen-bond donors (Lipinski definition) is 1. The molecule has 3 aromatic rings. The molecule has 0 aliphatic carbocycles. The molecule has 4 rings (SSSR count). The summed E-state index contributed by atoms with van der Waals surface area (Å²) in [6.45, 7) is 5.00. The van der Waals surface area contributed by atoms with E-state index in [0.29, 0.717) is 0 Å². The van der Waals surface area contributed by atoms with Gasteiger partial charge in [-0.2, -0.15) is 5.10 Å². The summed E-state index contributed by atoms with van der Waals surface area (Å²) < 4.78 is 8.55. The van der Waals surface area contributed by atoms with E-state index in [1.54, 1.807) is 0 Å². The number of benzene rings is 1. The lowest BCUT2D eigenvalue weighted by atomic mass is 9.98. The van der Waals surface area contributed by atoms with Gasteiger partial charge in [-0.3, -0.25) is 4.68 Å². The lowest BCUT2D eigenvalue weighted by molar-refractivity contribution is 0.425. The quantitative estimate of drug-likeness (QED) is 0.653. The van der Waals surface area contributed by atoms with E-state index in [0.717, 1.165) is 39.7 Å². The van der Waals surface area contributed by atoms with Crippen LogP contribution in [0.1, 0.15) is 27.6 Å². The van der Waals surface area contributed by atoms with E-state index in [2.05, 4.69) is 51.5 Å². The molecule has 3 heterocycles. The molecule has 130 valence electrons. The van der Waals surface area contributed by atoms with Gasteiger partial charge in [-0.1, -0.05) is 27.2 Å². The second-order valence-electron chi connectivity index (χ2n) is 6.25. The molecule has 0 bridgehead atoms. The number of anilines is 1. The average molecular weight is 419 g/mol. The molecule has 1 aromatic carbocycles. The molecule has 25 heavy (non-hydrogen) atoms. The number of fused-ring (bicyclic) bond motifs is 1. The summed E-state index contributed by atoms with van der Waals surface area (Å²) in [6, 6.07) is 8.43. The fourth-order valence-corrected chi connectivity index (χ4v) is 5.03. The van der Waals surface area contributed by atoms with Crippen molar-refractivity contribution in [1.82, 2.24) is 14.9 Å². The third-order valence-corrected chi connectivity index (χ3v) is 6.16. The van der Waals surface area contributed by atoms with Crippen LogP contribution in [0.25, 0.3) is 11.5 Å². The number of halogens is 1. The van der Waals surface area contributed by atoms with Gasteiger partial charge in [0, 0.05) is 35.4 Å². The van der Waals surface area contributed by atoms with Crippen LogP contribution in [0, 0.1) is 13.8 Å². The van der Waals surface area contributed by atoms with E-state index in [1.807, 2.05) is 36.5 Å². The van der Waals surface area contributed by atoms with E-state index >= 15 is 0 Å². The highest BCUT2D eigenvalue weighted by molar-refractivity contribution is 9.10. The van der Waals surface area contributed by atoms with Gasteiger partial charge in [0.2, 0.25) is 0 Å². The Kier molecular flexibility index (Phi) is 4.37. The smallest absolute Gasteiger partial charge is 0.187 e. The molecule has 7 heteroatoms. The molecule has 0 saturated carbocycles. The Labute approximate surface area is 159 Å². The number of aryl methyl sites for hydroxylation is 3. The minimum atomic E-state index is 0.201. The van der Waals surface area contributed by atoms with Crippen LogP contribution in [-0.2, 0) is 7.05 Å². The van der Waals surface area contributed by atoms with Crippen LogP contribution in [0.15, 0.2) is 33.3 Å². The number of thioether (sulfide) groups is 1. The molecule has 1 aliphatic heterocycles. The molecule has 0 radical (unpaired) electrons. The zero-order valence-electron chi connectivity index (χ0n) is 14.3. The van der Waals surface area contributed by atoms with Crippen LogP contribution in [-0.4, -0.2) is 27.2 Å². The number of hydrogen-bond acceptors (Lipinski definition) is 5. The van der Waals surface area contributed by atoms with Crippen molar-refractivity contribution in [1.29, 1.82) is 0 Å². The molecular weight excluding hydrogens is 400 g/mol. The standard InChI is InChI=1S/C18H19BrN4OS/c1-10-8-12(19)4-5-13(10)17-15-16(14-9-11(2)22-24-14)21-23(3)18(15)20-6-7-25-17/h4-5,8-9,17,20H,6-7H2,1-3H3. The summed E-state index contributed by atoms with van der Waals surface area (Å²) >= 11 is 5.50. The second kappa shape index (κ2) is 6.53. The molecule has 0 spiro atoms. The van der Waals surface area contributed by atoms with Crippen molar-refractivity contribution in [2.24, 2.45) is 7.05 Å². The first-order chi connectivity index (χ1) is 12.0. The zero-order valence-corrected chi connectivity index (χ0v) is 16.7. The zero-order chi connectivity index (χ0) is 17.6. The summed E-state index contributed by atoms with van der Waals surface area (Å²) in [5.41, 5.74) is 5.48. The summed E-state index contributed by atoms with van der Waals surface area (Å²) in [5, 5.41) is 12.5. The van der Waals surface area contributed by atoms with Gasteiger partial charge in [-0.05, 0) is 37.1 Å². The highest BCUT2D eigenvalue weighted by Crippen LogP contribution is 2.46. The van der Waals surface area contributed by atoms with Crippen LogP contribution in [0.5, 0.6) is 0 Å². The number of nitrogens with zero attached hydrogens (tertiary/aromatic N) is 3. The van der Waals surface area contributed by atoms with Crippen LogP contribution < -0.4 is 5.32 Å². The van der Waals surface area contributed by atoms with Gasteiger partial charge in [0.15, 0.2) is 5.76 Å². The lowest BCUT2D eigenvalue weighted by Gasteiger charge is -2.18. The third kappa shape index (κ3) is 3.00. The second-order valence-corrected chi connectivity index (χ2v) is 8.37. The molecule has 5 nitrogen and oxygen atoms in total. The van der Waals surface area contributed by atoms with Crippen molar-refractivity contribution < 1.29 is 4.52 Å². The highest BCUT2D eigenvalue weighted by Gasteiger charge is 2.31. The predicted molar refractivity (Wildman–Crippen MR) is 105 cm³/mol. The van der Waals surface area contributed by atoms with Crippen molar-refractivity contribution in [3.63, 3.8) is 0 Å². The maximum Gasteiger partial charge on any atom is 0.187 e. The first kappa shape index (κ1) is 16.7. The number of rotatable bonds is 2. The Morgan fingerprint density at radius 2 is 2.16 bits per heavy atom. The van der Waals surface area contributed by atoms with E-state index in [1.165, 1.54) is 16.7 Å². The van der Waals surface area contributed by atoms with Gasteiger partial charge in [-0.15, -0.1) is 11.8 Å². The van der Waals surface area contributed by atoms with Gasteiger partial charge in [-0.25, -0.2) is 0 Å². The van der Waals surface area contributed by atoms with Crippen LogP contribution in [0.4, 0.5) is 5.82 Å². The molecule has 1 aliphatic rings. The Morgan fingerprint density at radius 1 is 1.32 bits per heavy atom. The summed E-state index contributed by atoms with van der Waals surface area (Å²) in [6.07, 6.45) is 0. The van der Waals surface area contributed by atoms with Crippen LogP contribution in [0.2, 0.25) is 0 Å². The van der Waals surface area contributed by atoms with Crippen molar-refractivity contribution >= 4 is 33.5 Å². The fraction of sp³-hybridized carbons (Fsp3) is 0.333. The van der Waals surface area contributed by atoms with Gasteiger partial charge in [0.1, 0.15) is 11.5 Å². The summed E-state index contributed by atoms with van der Waals surface area (Å²) in [5.74, 6) is 2.81. The molecule has 2 aromatic heterocycles. The normalized spacial score (nSPS) is 17.0. The Morgan fingerprint density at radius 3 is 2.88 bits per heavy atom. The van der Waals surface area contributed by atoms with Crippen molar-refractivity contribution in [3.05, 3.63) is 51.1 Å². The molecule has 0 saturated heterocycles. The van der Waals surface area contributed by atoms with E-state index in [-0.39, 0.29) is 5.25 Å². The van der Waals surface area contributed by atoms with Gasteiger partial charge < -0.3 is 9.84 Å². The van der Waals surface area contributed by atoms with Gasteiger partial charge in [0.25, 0.3) is 0 Å². The fourth-order valence-electron chi connectivity index (χ4n) is 3.26. The largest absolute Gasteiger partial charge is 0.369 e. The molecule has 0 amide bonds. The topological polar surface area (TPSA) is 55.9 Å². The number of aromatic nitrogens is 3. The van der Waals surface area contributed by atoms with Gasteiger partial charge in [0.05, 0.1) is 10.9 Å². The van der Waals surface area contributed by atoms with E-state index in [4.69, 9.17) is 9.62 Å². The maximum absolute atomic E-state index is 5.53. The average Bonchev–Trinajstić information content (AvgIpc) is 3.05. The first-order valence-electron chi connectivity index (χ1n) is 8.16.